The van der Waals surface area contributed by atoms with Gasteiger partial charge in [0.15, 0.2) is 11.5 Å². The van der Waals surface area contributed by atoms with Crippen molar-refractivity contribution >= 4 is 22.9 Å². The first-order valence-electron chi connectivity index (χ1n) is 5.78. The molecule has 19 heavy (non-hydrogen) atoms. The predicted molar refractivity (Wildman–Crippen MR) is 79.6 cm³/mol. The van der Waals surface area contributed by atoms with Gasteiger partial charge in [0.1, 0.15) is 0 Å². The highest BCUT2D eigenvalue weighted by molar-refractivity contribution is 7.08. The number of benzene rings is 1. The van der Waals surface area contributed by atoms with E-state index in [1.807, 2.05) is 18.4 Å². The van der Waals surface area contributed by atoms with Crippen LogP contribution in [-0.2, 0) is 0 Å². The van der Waals surface area contributed by atoms with Crippen molar-refractivity contribution in [2.24, 2.45) is 5.73 Å². The van der Waals surface area contributed by atoms with Crippen LogP contribution >= 0.6 is 22.9 Å². The molecule has 102 valence electrons. The maximum Gasteiger partial charge on any atom is 0.162 e. The molecular formula is C14H16ClNO2S. The van der Waals surface area contributed by atoms with E-state index >= 15 is 0 Å². The molecule has 1 aromatic carbocycles. The summed E-state index contributed by atoms with van der Waals surface area (Å²) in [7, 11) is 3.17. The van der Waals surface area contributed by atoms with E-state index in [1.54, 1.807) is 31.6 Å². The van der Waals surface area contributed by atoms with Crippen molar-refractivity contribution in [3.05, 3.63) is 44.6 Å². The highest BCUT2D eigenvalue weighted by atomic mass is 35.5. The molecule has 2 aromatic rings. The number of methoxy groups -OCH3 is 2. The summed E-state index contributed by atoms with van der Waals surface area (Å²) in [5.74, 6) is 1.23. The molecule has 1 atom stereocenters. The Bertz CT molecular complexity index is 583. The van der Waals surface area contributed by atoms with Gasteiger partial charge >= 0.3 is 0 Å². The Balaban J connectivity index is 2.48. The van der Waals surface area contributed by atoms with Crippen LogP contribution < -0.4 is 15.2 Å². The molecule has 0 aliphatic carbocycles. The summed E-state index contributed by atoms with van der Waals surface area (Å²) in [4.78, 5) is 0. The molecule has 0 spiro atoms. The zero-order valence-corrected chi connectivity index (χ0v) is 12.6. The number of aryl methyl sites for hydroxylation is 1. The Labute approximate surface area is 121 Å². The Hall–Kier alpha value is -1.23. The number of hydrogen-bond acceptors (Lipinski definition) is 4. The second kappa shape index (κ2) is 5.82. The van der Waals surface area contributed by atoms with Gasteiger partial charge in [-0.1, -0.05) is 11.6 Å². The molecule has 1 aromatic heterocycles. The molecule has 0 saturated heterocycles. The number of halogens is 1. The fourth-order valence-corrected chi connectivity index (χ4v) is 3.12. The molecule has 1 unspecified atom stereocenters. The number of hydrogen-bond donors (Lipinski definition) is 1. The third-order valence-corrected chi connectivity index (χ3v) is 4.28. The number of ether oxygens (including phenoxy) is 2. The van der Waals surface area contributed by atoms with Crippen molar-refractivity contribution in [1.82, 2.24) is 0 Å². The van der Waals surface area contributed by atoms with Gasteiger partial charge in [-0.2, -0.15) is 11.3 Å². The molecule has 0 saturated carbocycles. The smallest absolute Gasteiger partial charge is 0.162 e. The van der Waals surface area contributed by atoms with Crippen LogP contribution in [0.2, 0.25) is 5.02 Å². The van der Waals surface area contributed by atoms with Gasteiger partial charge in [0, 0.05) is 11.1 Å². The second-order valence-corrected chi connectivity index (χ2v) is 5.37. The largest absolute Gasteiger partial charge is 0.493 e. The molecule has 3 nitrogen and oxygen atoms in total. The van der Waals surface area contributed by atoms with Gasteiger partial charge in [-0.05, 0) is 40.4 Å². The molecule has 1 heterocycles. The van der Waals surface area contributed by atoms with E-state index in [1.165, 1.54) is 5.56 Å². The molecule has 0 aliphatic rings. The summed E-state index contributed by atoms with van der Waals surface area (Å²) in [5, 5.41) is 4.70. The van der Waals surface area contributed by atoms with E-state index < -0.39 is 0 Å². The quantitative estimate of drug-likeness (QED) is 0.934. The van der Waals surface area contributed by atoms with Crippen LogP contribution in [0.5, 0.6) is 11.5 Å². The molecule has 2 rings (SSSR count). The van der Waals surface area contributed by atoms with E-state index in [0.717, 1.165) is 11.1 Å². The van der Waals surface area contributed by atoms with Crippen LogP contribution in [0.25, 0.3) is 0 Å². The highest BCUT2D eigenvalue weighted by Gasteiger charge is 2.18. The fourth-order valence-electron chi connectivity index (χ4n) is 1.96. The number of nitrogens with two attached hydrogens (primary N) is 1. The fraction of sp³-hybridized carbons (Fsp3) is 0.286. The third kappa shape index (κ3) is 2.71. The van der Waals surface area contributed by atoms with Gasteiger partial charge in [-0.15, -0.1) is 0 Å². The molecule has 0 bridgehead atoms. The molecule has 0 aliphatic heterocycles. The standard InChI is InChI=1S/C14H16ClNO2S/c1-8-6-19-7-10(8)14(16)9-4-12(17-2)13(18-3)5-11(9)15/h4-7,14H,16H2,1-3H3. The predicted octanol–water partition coefficient (Wildman–Crippen LogP) is 3.78. The maximum atomic E-state index is 6.30. The van der Waals surface area contributed by atoms with Crippen molar-refractivity contribution < 1.29 is 9.47 Å². The number of rotatable bonds is 4. The van der Waals surface area contributed by atoms with Gasteiger partial charge in [-0.25, -0.2) is 0 Å². The molecular weight excluding hydrogens is 282 g/mol. The van der Waals surface area contributed by atoms with Crippen molar-refractivity contribution in [1.29, 1.82) is 0 Å². The summed E-state index contributed by atoms with van der Waals surface area (Å²) < 4.78 is 10.5. The Morgan fingerprint density at radius 2 is 1.74 bits per heavy atom. The zero-order valence-electron chi connectivity index (χ0n) is 11.1. The Morgan fingerprint density at radius 3 is 2.26 bits per heavy atom. The van der Waals surface area contributed by atoms with Crippen molar-refractivity contribution in [3.63, 3.8) is 0 Å². The lowest BCUT2D eigenvalue weighted by atomic mass is 9.99. The summed E-state index contributed by atoms with van der Waals surface area (Å²) >= 11 is 7.92. The lowest BCUT2D eigenvalue weighted by Gasteiger charge is -2.17. The first-order chi connectivity index (χ1) is 9.08. The first kappa shape index (κ1) is 14.2. The minimum Gasteiger partial charge on any atom is -0.493 e. The second-order valence-electron chi connectivity index (χ2n) is 4.22. The topological polar surface area (TPSA) is 44.5 Å². The van der Waals surface area contributed by atoms with Crippen molar-refractivity contribution in [2.45, 2.75) is 13.0 Å². The maximum absolute atomic E-state index is 6.30. The third-order valence-electron chi connectivity index (χ3n) is 3.07. The zero-order chi connectivity index (χ0) is 14.0. The monoisotopic (exact) mass is 297 g/mol. The van der Waals surface area contributed by atoms with Gasteiger partial charge in [0.25, 0.3) is 0 Å². The van der Waals surface area contributed by atoms with Crippen LogP contribution in [0.3, 0.4) is 0 Å². The van der Waals surface area contributed by atoms with Crippen molar-refractivity contribution in [3.8, 4) is 11.5 Å². The van der Waals surface area contributed by atoms with Gasteiger partial charge in [0.2, 0.25) is 0 Å². The average molecular weight is 298 g/mol. The molecule has 0 fully saturated rings. The van der Waals surface area contributed by atoms with E-state index in [2.05, 4.69) is 5.38 Å². The normalized spacial score (nSPS) is 12.3. The Kier molecular flexibility index (Phi) is 4.34. The van der Waals surface area contributed by atoms with Crippen LogP contribution in [0.4, 0.5) is 0 Å². The summed E-state index contributed by atoms with van der Waals surface area (Å²) in [6.07, 6.45) is 0. The van der Waals surface area contributed by atoms with Gasteiger partial charge < -0.3 is 15.2 Å². The average Bonchev–Trinajstić information content (AvgIpc) is 2.83. The molecule has 5 heteroatoms. The lowest BCUT2D eigenvalue weighted by molar-refractivity contribution is 0.354. The van der Waals surface area contributed by atoms with Crippen LogP contribution in [-0.4, -0.2) is 14.2 Å². The summed E-state index contributed by atoms with van der Waals surface area (Å²) in [5.41, 5.74) is 9.39. The van der Waals surface area contributed by atoms with Crippen LogP contribution in [0.1, 0.15) is 22.7 Å². The van der Waals surface area contributed by atoms with E-state index in [-0.39, 0.29) is 6.04 Å². The van der Waals surface area contributed by atoms with E-state index in [9.17, 15) is 0 Å². The SMILES string of the molecule is COc1cc(Cl)c(C(N)c2cscc2C)cc1OC. The molecule has 0 radical (unpaired) electrons. The number of thiophene rings is 1. The lowest BCUT2D eigenvalue weighted by Crippen LogP contribution is -2.13. The minimum absolute atomic E-state index is 0.265. The van der Waals surface area contributed by atoms with E-state index in [4.69, 9.17) is 26.8 Å². The minimum atomic E-state index is -0.265. The van der Waals surface area contributed by atoms with Crippen LogP contribution in [0.15, 0.2) is 22.9 Å². The molecule has 0 amide bonds. The van der Waals surface area contributed by atoms with Gasteiger partial charge in [-0.3, -0.25) is 0 Å². The van der Waals surface area contributed by atoms with E-state index in [0.29, 0.717) is 16.5 Å². The highest BCUT2D eigenvalue weighted by Crippen LogP contribution is 2.37. The summed E-state index contributed by atoms with van der Waals surface area (Å²) in [6.45, 7) is 2.04. The molecule has 2 N–H and O–H groups in total. The van der Waals surface area contributed by atoms with Crippen LogP contribution in [0, 0.1) is 6.92 Å². The van der Waals surface area contributed by atoms with Gasteiger partial charge in [0.05, 0.1) is 20.3 Å². The van der Waals surface area contributed by atoms with Crippen molar-refractivity contribution in [2.75, 3.05) is 14.2 Å². The first-order valence-corrected chi connectivity index (χ1v) is 7.10. The Morgan fingerprint density at radius 1 is 1.11 bits per heavy atom. The summed E-state index contributed by atoms with van der Waals surface area (Å²) in [6, 6.07) is 3.30.